The maximum Gasteiger partial charge on any atom is 0.233 e. The molecule has 0 saturated heterocycles. The Kier molecular flexibility index (Phi) is 6.36. The lowest BCUT2D eigenvalue weighted by Gasteiger charge is -2.23. The summed E-state index contributed by atoms with van der Waals surface area (Å²) >= 11 is 1.57. The second kappa shape index (κ2) is 9.52. The van der Waals surface area contributed by atoms with Crippen LogP contribution >= 0.6 is 11.8 Å². The van der Waals surface area contributed by atoms with Crippen LogP contribution in [0.1, 0.15) is 12.0 Å². The zero-order chi connectivity index (χ0) is 19.9. The van der Waals surface area contributed by atoms with E-state index in [0.717, 1.165) is 34.9 Å². The number of carbonyl (C=O) groups excluding carboxylic acids is 1. The number of ether oxygens (including phenoxy) is 2. The van der Waals surface area contributed by atoms with Gasteiger partial charge >= 0.3 is 0 Å². The summed E-state index contributed by atoms with van der Waals surface area (Å²) < 4.78 is 12.9. The first-order valence-corrected chi connectivity index (χ1v) is 10.6. The van der Waals surface area contributed by atoms with Crippen molar-refractivity contribution in [2.24, 2.45) is 0 Å². The highest BCUT2D eigenvalue weighted by Gasteiger charge is 2.18. The van der Waals surface area contributed by atoms with Crippen LogP contribution in [0.3, 0.4) is 0 Å². The van der Waals surface area contributed by atoms with Crippen molar-refractivity contribution in [1.82, 2.24) is 14.5 Å². The zero-order valence-corrected chi connectivity index (χ0v) is 16.9. The van der Waals surface area contributed by atoms with E-state index in [0.29, 0.717) is 18.8 Å². The van der Waals surface area contributed by atoms with Crippen molar-refractivity contribution in [2.45, 2.75) is 24.4 Å². The van der Waals surface area contributed by atoms with Crippen molar-refractivity contribution in [2.75, 3.05) is 19.1 Å². The maximum atomic E-state index is 13.0. The molecule has 0 aliphatic carbocycles. The van der Waals surface area contributed by atoms with E-state index in [9.17, 15) is 4.79 Å². The van der Waals surface area contributed by atoms with Gasteiger partial charge in [0, 0.05) is 36.9 Å². The average Bonchev–Trinajstić information content (AvgIpc) is 3.43. The highest BCUT2D eigenvalue weighted by Crippen LogP contribution is 2.33. The lowest BCUT2D eigenvalue weighted by Crippen LogP contribution is -2.33. The molecule has 0 N–H and O–H groups in total. The molecule has 29 heavy (non-hydrogen) atoms. The first-order chi connectivity index (χ1) is 14.3. The predicted molar refractivity (Wildman–Crippen MR) is 112 cm³/mol. The lowest BCUT2D eigenvalue weighted by molar-refractivity contribution is -0.129. The van der Waals surface area contributed by atoms with Gasteiger partial charge < -0.3 is 18.9 Å². The molecular formula is C22H23N3O3S. The molecule has 2 aromatic carbocycles. The second-order valence-corrected chi connectivity index (χ2v) is 7.81. The molecule has 7 heteroatoms. The Balaban J connectivity index is 1.40. The van der Waals surface area contributed by atoms with E-state index in [1.54, 1.807) is 24.3 Å². The quantitative estimate of drug-likeness (QED) is 0.503. The van der Waals surface area contributed by atoms with E-state index in [1.165, 1.54) is 0 Å². The molecule has 0 fully saturated rings. The van der Waals surface area contributed by atoms with Crippen LogP contribution in [0.4, 0.5) is 0 Å². The number of fused-ring (bicyclic) bond motifs is 1. The monoisotopic (exact) mass is 409 g/mol. The third-order valence-electron chi connectivity index (χ3n) is 4.67. The van der Waals surface area contributed by atoms with Crippen molar-refractivity contribution in [1.29, 1.82) is 0 Å². The maximum absolute atomic E-state index is 13.0. The van der Waals surface area contributed by atoms with Gasteiger partial charge in [-0.1, -0.05) is 24.3 Å². The zero-order valence-electron chi connectivity index (χ0n) is 16.1. The average molecular weight is 410 g/mol. The molecule has 1 aromatic heterocycles. The Morgan fingerprint density at radius 2 is 2.00 bits per heavy atom. The van der Waals surface area contributed by atoms with E-state index in [-0.39, 0.29) is 12.7 Å². The Labute approximate surface area is 174 Å². The van der Waals surface area contributed by atoms with Crippen LogP contribution in [0.15, 0.2) is 72.1 Å². The molecule has 1 amide bonds. The number of carbonyl (C=O) groups is 1. The van der Waals surface area contributed by atoms with Gasteiger partial charge in [-0.2, -0.15) is 0 Å². The number of imidazole rings is 1. The minimum absolute atomic E-state index is 0.127. The molecule has 0 unspecified atom stereocenters. The molecule has 1 aliphatic heterocycles. The minimum Gasteiger partial charge on any atom is -0.454 e. The number of benzene rings is 2. The molecular weight excluding hydrogens is 386 g/mol. The SMILES string of the molecule is O=C(CSc1ccccc1)N(CCCn1ccnc1)Cc1ccc2c(c1)OCO2. The lowest BCUT2D eigenvalue weighted by atomic mass is 10.2. The fourth-order valence-corrected chi connectivity index (χ4v) is 3.99. The van der Waals surface area contributed by atoms with Crippen LogP contribution in [-0.4, -0.2) is 39.4 Å². The van der Waals surface area contributed by atoms with Gasteiger partial charge in [-0.25, -0.2) is 4.98 Å². The van der Waals surface area contributed by atoms with Crippen molar-refractivity contribution in [3.8, 4) is 11.5 Å². The van der Waals surface area contributed by atoms with Gasteiger partial charge in [-0.05, 0) is 36.2 Å². The first kappa shape index (κ1) is 19.4. The number of thioether (sulfide) groups is 1. The summed E-state index contributed by atoms with van der Waals surface area (Å²) in [4.78, 5) is 20.1. The number of aryl methyl sites for hydroxylation is 1. The Morgan fingerprint density at radius 1 is 1.14 bits per heavy atom. The fourth-order valence-electron chi connectivity index (χ4n) is 3.17. The molecule has 0 atom stereocenters. The van der Waals surface area contributed by atoms with Crippen molar-refractivity contribution in [3.05, 3.63) is 72.8 Å². The van der Waals surface area contributed by atoms with Crippen LogP contribution in [-0.2, 0) is 17.9 Å². The molecule has 0 radical (unpaired) electrons. The predicted octanol–water partition coefficient (Wildman–Crippen LogP) is 3.82. The number of amides is 1. The minimum atomic E-state index is 0.127. The second-order valence-electron chi connectivity index (χ2n) is 6.76. The van der Waals surface area contributed by atoms with Crippen LogP contribution in [0.25, 0.3) is 0 Å². The van der Waals surface area contributed by atoms with E-state index in [1.807, 2.05) is 64.2 Å². The molecule has 0 bridgehead atoms. The van der Waals surface area contributed by atoms with Crippen molar-refractivity contribution < 1.29 is 14.3 Å². The van der Waals surface area contributed by atoms with Crippen LogP contribution in [0.2, 0.25) is 0 Å². The number of aromatic nitrogens is 2. The first-order valence-electron chi connectivity index (χ1n) is 9.58. The fraction of sp³-hybridized carbons (Fsp3) is 0.273. The van der Waals surface area contributed by atoms with Gasteiger partial charge in [-0.3, -0.25) is 4.79 Å². The number of rotatable bonds is 9. The molecule has 3 aromatic rings. The molecule has 150 valence electrons. The summed E-state index contributed by atoms with van der Waals surface area (Å²) in [5.41, 5.74) is 1.04. The summed E-state index contributed by atoms with van der Waals surface area (Å²) in [6.45, 7) is 2.31. The van der Waals surface area contributed by atoms with Crippen molar-refractivity contribution >= 4 is 17.7 Å². The highest BCUT2D eigenvalue weighted by molar-refractivity contribution is 8.00. The van der Waals surface area contributed by atoms with Gasteiger partial charge in [0.25, 0.3) is 0 Å². The molecule has 1 aliphatic rings. The summed E-state index contributed by atoms with van der Waals surface area (Å²) in [6.07, 6.45) is 6.37. The van der Waals surface area contributed by atoms with E-state index < -0.39 is 0 Å². The Morgan fingerprint density at radius 3 is 2.83 bits per heavy atom. The van der Waals surface area contributed by atoms with E-state index >= 15 is 0 Å². The largest absolute Gasteiger partial charge is 0.454 e. The van der Waals surface area contributed by atoms with Gasteiger partial charge in [0.05, 0.1) is 12.1 Å². The number of hydrogen-bond acceptors (Lipinski definition) is 5. The molecule has 6 nitrogen and oxygen atoms in total. The summed E-state index contributed by atoms with van der Waals surface area (Å²) in [6, 6.07) is 15.9. The van der Waals surface area contributed by atoms with Crippen LogP contribution < -0.4 is 9.47 Å². The summed E-state index contributed by atoms with van der Waals surface area (Å²) in [7, 11) is 0. The molecule has 0 spiro atoms. The number of hydrogen-bond donors (Lipinski definition) is 0. The third-order valence-corrected chi connectivity index (χ3v) is 5.67. The normalized spacial score (nSPS) is 12.1. The summed E-state index contributed by atoms with van der Waals surface area (Å²) in [5, 5.41) is 0. The topological polar surface area (TPSA) is 56.6 Å². The Hall–Kier alpha value is -2.93. The molecule has 0 saturated carbocycles. The Bertz CT molecular complexity index is 932. The standard InChI is InChI=1S/C22H23N3O3S/c26-22(15-29-19-5-2-1-3-6-19)25(11-4-10-24-12-9-23-16-24)14-18-7-8-20-21(13-18)28-17-27-20/h1-3,5-9,12-13,16H,4,10-11,14-15,17H2. The van der Waals surface area contributed by atoms with Crippen LogP contribution in [0, 0.1) is 0 Å². The van der Waals surface area contributed by atoms with Gasteiger partial charge in [0.2, 0.25) is 12.7 Å². The summed E-state index contributed by atoms with van der Waals surface area (Å²) in [5.74, 6) is 2.04. The smallest absolute Gasteiger partial charge is 0.233 e. The van der Waals surface area contributed by atoms with Gasteiger partial charge in [0.15, 0.2) is 11.5 Å². The number of nitrogens with zero attached hydrogens (tertiary/aromatic N) is 3. The third kappa shape index (κ3) is 5.32. The van der Waals surface area contributed by atoms with Crippen LogP contribution in [0.5, 0.6) is 11.5 Å². The van der Waals surface area contributed by atoms with Gasteiger partial charge in [0.1, 0.15) is 0 Å². The molecule has 2 heterocycles. The van der Waals surface area contributed by atoms with Crippen molar-refractivity contribution in [3.63, 3.8) is 0 Å². The highest BCUT2D eigenvalue weighted by atomic mass is 32.2. The van der Waals surface area contributed by atoms with Gasteiger partial charge in [-0.15, -0.1) is 11.8 Å². The molecule has 4 rings (SSSR count). The van der Waals surface area contributed by atoms with E-state index in [4.69, 9.17) is 9.47 Å². The van der Waals surface area contributed by atoms with E-state index in [2.05, 4.69) is 4.98 Å².